The number of halogens is 2. The number of anilines is 1. The maximum absolute atomic E-state index is 12.3. The highest BCUT2D eigenvalue weighted by Gasteiger charge is 2.16. The van der Waals surface area contributed by atoms with Crippen molar-refractivity contribution in [1.29, 1.82) is 0 Å². The second-order valence-corrected chi connectivity index (χ2v) is 5.57. The number of hydrogen-bond donors (Lipinski definition) is 1. The standard InChI is InChI=1S/C19H19F2NO6/c1-11-4-6-14(25-2)13(8-11)22-17(23)10-27-18(24)12-5-7-15(28-19(20)21)16(9-12)26-3/h4-9,19H,10H2,1-3H3,(H,22,23). The molecule has 0 bridgehead atoms. The molecule has 0 radical (unpaired) electrons. The van der Waals surface area contributed by atoms with Crippen molar-refractivity contribution in [2.24, 2.45) is 0 Å². The number of carbonyl (C=O) groups excluding carboxylic acids is 2. The number of ether oxygens (including phenoxy) is 4. The summed E-state index contributed by atoms with van der Waals surface area (Å²) in [4.78, 5) is 24.2. The molecule has 1 amide bonds. The summed E-state index contributed by atoms with van der Waals surface area (Å²) < 4.78 is 44.0. The zero-order chi connectivity index (χ0) is 20.7. The van der Waals surface area contributed by atoms with E-state index in [1.807, 2.05) is 13.0 Å². The normalized spacial score (nSPS) is 10.4. The molecule has 7 nitrogen and oxygen atoms in total. The van der Waals surface area contributed by atoms with E-state index in [4.69, 9.17) is 14.2 Å². The first kappa shape index (κ1) is 20.9. The van der Waals surface area contributed by atoms with Gasteiger partial charge < -0.3 is 24.3 Å². The topological polar surface area (TPSA) is 83.1 Å². The molecule has 2 aromatic carbocycles. The van der Waals surface area contributed by atoms with Crippen LogP contribution >= 0.6 is 0 Å². The van der Waals surface area contributed by atoms with Crippen molar-refractivity contribution in [2.45, 2.75) is 13.5 Å². The van der Waals surface area contributed by atoms with Crippen LogP contribution in [-0.4, -0.2) is 39.3 Å². The van der Waals surface area contributed by atoms with Gasteiger partial charge in [-0.1, -0.05) is 6.07 Å². The molecule has 0 saturated carbocycles. The van der Waals surface area contributed by atoms with Crippen molar-refractivity contribution in [3.05, 3.63) is 47.5 Å². The zero-order valence-corrected chi connectivity index (χ0v) is 15.5. The van der Waals surface area contributed by atoms with Crippen LogP contribution in [0.2, 0.25) is 0 Å². The summed E-state index contributed by atoms with van der Waals surface area (Å²) in [5.41, 5.74) is 1.37. The van der Waals surface area contributed by atoms with Gasteiger partial charge in [0, 0.05) is 0 Å². The Morgan fingerprint density at radius 2 is 1.68 bits per heavy atom. The molecule has 0 aliphatic heterocycles. The molecule has 150 valence electrons. The lowest BCUT2D eigenvalue weighted by molar-refractivity contribution is -0.119. The van der Waals surface area contributed by atoms with E-state index in [0.29, 0.717) is 11.4 Å². The molecular formula is C19H19F2NO6. The highest BCUT2D eigenvalue weighted by atomic mass is 19.3. The van der Waals surface area contributed by atoms with Gasteiger partial charge in [0.15, 0.2) is 18.1 Å². The van der Waals surface area contributed by atoms with Crippen molar-refractivity contribution < 1.29 is 37.3 Å². The Morgan fingerprint density at radius 3 is 2.32 bits per heavy atom. The fraction of sp³-hybridized carbons (Fsp3) is 0.263. The Labute approximate surface area is 160 Å². The number of alkyl halides is 2. The SMILES string of the molecule is COc1ccc(C)cc1NC(=O)COC(=O)c1ccc(OC(F)F)c(OC)c1. The van der Waals surface area contributed by atoms with E-state index in [2.05, 4.69) is 10.1 Å². The van der Waals surface area contributed by atoms with Gasteiger partial charge in [-0.15, -0.1) is 0 Å². The largest absolute Gasteiger partial charge is 0.495 e. The molecule has 0 aliphatic rings. The third kappa shape index (κ3) is 5.57. The fourth-order valence-electron chi connectivity index (χ4n) is 2.31. The Kier molecular flexibility index (Phi) is 7.14. The summed E-state index contributed by atoms with van der Waals surface area (Å²) >= 11 is 0. The van der Waals surface area contributed by atoms with Crippen LogP contribution in [-0.2, 0) is 9.53 Å². The van der Waals surface area contributed by atoms with Crippen LogP contribution in [0.1, 0.15) is 15.9 Å². The lowest BCUT2D eigenvalue weighted by Gasteiger charge is -2.12. The number of amides is 1. The first-order chi connectivity index (χ1) is 13.3. The fourth-order valence-corrected chi connectivity index (χ4v) is 2.31. The third-order valence-corrected chi connectivity index (χ3v) is 3.58. The second-order valence-electron chi connectivity index (χ2n) is 5.57. The van der Waals surface area contributed by atoms with Crippen molar-refractivity contribution >= 4 is 17.6 Å². The lowest BCUT2D eigenvalue weighted by atomic mass is 10.2. The molecular weight excluding hydrogens is 376 g/mol. The minimum atomic E-state index is -3.03. The first-order valence-electron chi connectivity index (χ1n) is 8.08. The first-order valence-corrected chi connectivity index (χ1v) is 8.08. The van der Waals surface area contributed by atoms with Gasteiger partial charge >= 0.3 is 12.6 Å². The van der Waals surface area contributed by atoms with E-state index in [9.17, 15) is 18.4 Å². The summed E-state index contributed by atoms with van der Waals surface area (Å²) in [5, 5.41) is 2.59. The van der Waals surface area contributed by atoms with Crippen LogP contribution in [0, 0.1) is 6.92 Å². The second kappa shape index (κ2) is 9.54. The van der Waals surface area contributed by atoms with Crippen LogP contribution in [0.15, 0.2) is 36.4 Å². The van der Waals surface area contributed by atoms with Crippen LogP contribution in [0.3, 0.4) is 0 Å². The van der Waals surface area contributed by atoms with Crippen LogP contribution in [0.4, 0.5) is 14.5 Å². The van der Waals surface area contributed by atoms with E-state index in [1.54, 1.807) is 12.1 Å². The molecule has 0 aromatic heterocycles. The summed E-state index contributed by atoms with van der Waals surface area (Å²) in [6, 6.07) is 8.80. The van der Waals surface area contributed by atoms with Crippen molar-refractivity contribution in [2.75, 3.05) is 26.1 Å². The van der Waals surface area contributed by atoms with E-state index in [0.717, 1.165) is 11.6 Å². The van der Waals surface area contributed by atoms with Gasteiger partial charge in [0.25, 0.3) is 5.91 Å². The number of aryl methyl sites for hydroxylation is 1. The van der Waals surface area contributed by atoms with Crippen molar-refractivity contribution in [1.82, 2.24) is 0 Å². The minimum absolute atomic E-state index is 0.0133. The Bertz CT molecular complexity index is 856. The number of esters is 1. The van der Waals surface area contributed by atoms with Crippen LogP contribution in [0.5, 0.6) is 17.2 Å². The third-order valence-electron chi connectivity index (χ3n) is 3.58. The maximum atomic E-state index is 12.3. The Hall–Kier alpha value is -3.36. The highest BCUT2D eigenvalue weighted by Crippen LogP contribution is 2.29. The Morgan fingerprint density at radius 1 is 1.00 bits per heavy atom. The molecule has 0 unspecified atom stereocenters. The Balaban J connectivity index is 2.00. The van der Waals surface area contributed by atoms with Crippen molar-refractivity contribution in [3.8, 4) is 17.2 Å². The summed E-state index contributed by atoms with van der Waals surface area (Å²) in [5.74, 6) is -1.22. The summed E-state index contributed by atoms with van der Waals surface area (Å²) in [6.07, 6.45) is 0. The van der Waals surface area contributed by atoms with Gasteiger partial charge in [-0.2, -0.15) is 8.78 Å². The van der Waals surface area contributed by atoms with Crippen LogP contribution < -0.4 is 19.5 Å². The highest BCUT2D eigenvalue weighted by molar-refractivity contribution is 5.96. The van der Waals surface area contributed by atoms with E-state index < -0.39 is 25.1 Å². The molecule has 28 heavy (non-hydrogen) atoms. The van der Waals surface area contributed by atoms with Gasteiger partial charge in [0.2, 0.25) is 0 Å². The number of methoxy groups -OCH3 is 2. The number of carbonyl (C=O) groups is 2. The van der Waals surface area contributed by atoms with Gasteiger partial charge in [0.05, 0.1) is 25.5 Å². The molecule has 0 aliphatic carbocycles. The van der Waals surface area contributed by atoms with Gasteiger partial charge in [-0.25, -0.2) is 4.79 Å². The van der Waals surface area contributed by atoms with Crippen molar-refractivity contribution in [3.63, 3.8) is 0 Å². The van der Waals surface area contributed by atoms with E-state index >= 15 is 0 Å². The molecule has 1 N–H and O–H groups in total. The molecule has 0 fully saturated rings. The minimum Gasteiger partial charge on any atom is -0.495 e. The molecule has 0 spiro atoms. The molecule has 9 heteroatoms. The summed E-state index contributed by atoms with van der Waals surface area (Å²) in [6.45, 7) is -1.73. The molecule has 0 atom stereocenters. The zero-order valence-electron chi connectivity index (χ0n) is 15.5. The number of nitrogens with one attached hydrogen (secondary N) is 1. The van der Waals surface area contributed by atoms with E-state index in [1.165, 1.54) is 26.4 Å². The van der Waals surface area contributed by atoms with Gasteiger partial charge in [-0.05, 0) is 42.8 Å². The molecule has 0 saturated heterocycles. The monoisotopic (exact) mass is 395 g/mol. The molecule has 2 aromatic rings. The van der Waals surface area contributed by atoms with E-state index in [-0.39, 0.29) is 17.1 Å². The quantitative estimate of drug-likeness (QED) is 0.690. The average Bonchev–Trinajstić information content (AvgIpc) is 2.66. The number of rotatable bonds is 8. The predicted molar refractivity (Wildman–Crippen MR) is 96.3 cm³/mol. The predicted octanol–water partition coefficient (Wildman–Crippen LogP) is 3.41. The van der Waals surface area contributed by atoms with Gasteiger partial charge in [-0.3, -0.25) is 4.79 Å². The molecule has 0 heterocycles. The van der Waals surface area contributed by atoms with Gasteiger partial charge in [0.1, 0.15) is 5.75 Å². The maximum Gasteiger partial charge on any atom is 0.387 e. The smallest absolute Gasteiger partial charge is 0.387 e. The average molecular weight is 395 g/mol. The number of benzene rings is 2. The van der Waals surface area contributed by atoms with Crippen LogP contribution in [0.25, 0.3) is 0 Å². The summed E-state index contributed by atoms with van der Waals surface area (Å²) in [7, 11) is 2.71. The molecule has 2 rings (SSSR count). The lowest BCUT2D eigenvalue weighted by Crippen LogP contribution is -2.21. The number of hydrogen-bond acceptors (Lipinski definition) is 6.